The fraction of sp³-hybridized carbons (Fsp3) is 0.357. The largest absolute Gasteiger partial charge is 0.536 e. The fourth-order valence-electron chi connectivity index (χ4n) is 1.27. The summed E-state index contributed by atoms with van der Waals surface area (Å²) in [6, 6.07) is 6.46. The van der Waals surface area contributed by atoms with E-state index in [2.05, 4.69) is 14.7 Å². The molecule has 1 aromatic rings. The van der Waals surface area contributed by atoms with Gasteiger partial charge in [0.15, 0.2) is 0 Å². The van der Waals surface area contributed by atoms with Crippen LogP contribution in [0.15, 0.2) is 29.4 Å². The molecule has 0 fully saturated rings. The molecule has 0 aromatic heterocycles. The van der Waals surface area contributed by atoms with Crippen molar-refractivity contribution in [3.05, 3.63) is 35.4 Å². The van der Waals surface area contributed by atoms with Crippen LogP contribution in [0.4, 0.5) is 4.79 Å². The molecule has 0 saturated heterocycles. The van der Waals surface area contributed by atoms with Crippen LogP contribution in [-0.2, 0) is 14.3 Å². The van der Waals surface area contributed by atoms with E-state index < -0.39 is 17.7 Å². The zero-order chi connectivity index (χ0) is 15.9. The monoisotopic (exact) mass is 294 g/mol. The van der Waals surface area contributed by atoms with Gasteiger partial charge in [-0.15, -0.1) is 0 Å². The first kappa shape index (κ1) is 16.6. The smallest absolute Gasteiger partial charge is 0.456 e. The third-order valence-corrected chi connectivity index (χ3v) is 2.08. The molecule has 0 aliphatic heterocycles. The van der Waals surface area contributed by atoms with Crippen LogP contribution in [0.25, 0.3) is 0 Å². The maximum Gasteiger partial charge on any atom is 0.536 e. The highest BCUT2D eigenvalue weighted by Gasteiger charge is 2.17. The minimum atomic E-state index is -0.987. The number of ether oxygens (including phenoxy) is 2. The van der Waals surface area contributed by atoms with Crippen LogP contribution in [-0.4, -0.2) is 30.7 Å². The lowest BCUT2D eigenvalue weighted by Gasteiger charge is -2.19. The molecule has 7 heteroatoms. The Labute approximate surface area is 122 Å². The summed E-state index contributed by atoms with van der Waals surface area (Å²) in [6.07, 6.45) is 0.315. The Morgan fingerprint density at radius 2 is 1.86 bits per heavy atom. The normalized spacial score (nSPS) is 11.2. The highest BCUT2D eigenvalue weighted by atomic mass is 16.8. The number of nitrogens with zero attached hydrogens (tertiary/aromatic N) is 1. The number of esters is 1. The average molecular weight is 294 g/mol. The maximum absolute atomic E-state index is 11.8. The second-order valence-electron chi connectivity index (χ2n) is 5.01. The number of oxime groups is 1. The van der Waals surface area contributed by atoms with Gasteiger partial charge in [-0.1, -0.05) is 17.3 Å². The van der Waals surface area contributed by atoms with E-state index in [-0.39, 0.29) is 6.73 Å². The van der Waals surface area contributed by atoms with Gasteiger partial charge in [0.2, 0.25) is 0 Å². The first-order valence-electron chi connectivity index (χ1n) is 6.22. The second-order valence-corrected chi connectivity index (χ2v) is 5.01. The standard InChI is InChI=1S/C14H18N2O5/c1-14(2,3)20-12(17)11-6-4-10(5-7-11)8-16-21-13(18)19-9-15/h4-8H,9,15H2,1-3H3/b16-8+. The van der Waals surface area contributed by atoms with Crippen LogP contribution in [0, 0.1) is 0 Å². The van der Waals surface area contributed by atoms with E-state index >= 15 is 0 Å². The number of hydrogen-bond donors (Lipinski definition) is 1. The molecule has 0 saturated carbocycles. The van der Waals surface area contributed by atoms with E-state index in [1.54, 1.807) is 45.0 Å². The minimum absolute atomic E-state index is 0.279. The molecule has 0 aliphatic carbocycles. The van der Waals surface area contributed by atoms with E-state index in [9.17, 15) is 9.59 Å². The summed E-state index contributed by atoms with van der Waals surface area (Å²) < 4.78 is 9.55. The maximum atomic E-state index is 11.8. The Bertz CT molecular complexity index is 517. The van der Waals surface area contributed by atoms with Crippen molar-refractivity contribution in [2.75, 3.05) is 6.73 Å². The summed E-state index contributed by atoms with van der Waals surface area (Å²) in [5, 5.41) is 3.42. The Morgan fingerprint density at radius 3 is 2.38 bits per heavy atom. The molecular formula is C14H18N2O5. The molecule has 114 valence electrons. The Kier molecular flexibility index (Phi) is 5.86. The SMILES string of the molecule is CC(C)(C)OC(=O)c1ccc(/C=N/OC(=O)OCN)cc1. The third kappa shape index (κ3) is 6.53. The van der Waals surface area contributed by atoms with Crippen molar-refractivity contribution in [1.29, 1.82) is 0 Å². The third-order valence-electron chi connectivity index (χ3n) is 2.08. The lowest BCUT2D eigenvalue weighted by molar-refractivity contribution is 0.00693. The molecule has 0 amide bonds. The van der Waals surface area contributed by atoms with Gasteiger partial charge in [0.1, 0.15) is 12.3 Å². The molecule has 0 unspecified atom stereocenters. The summed E-state index contributed by atoms with van der Waals surface area (Å²) in [4.78, 5) is 27.0. The number of benzene rings is 1. The van der Waals surface area contributed by atoms with Gasteiger partial charge >= 0.3 is 12.1 Å². The van der Waals surface area contributed by atoms with Crippen molar-refractivity contribution in [2.24, 2.45) is 10.9 Å². The summed E-state index contributed by atoms with van der Waals surface area (Å²) >= 11 is 0. The van der Waals surface area contributed by atoms with E-state index in [0.717, 1.165) is 0 Å². The molecule has 0 aliphatic rings. The number of hydrogen-bond acceptors (Lipinski definition) is 7. The van der Waals surface area contributed by atoms with Crippen molar-refractivity contribution >= 4 is 18.3 Å². The quantitative estimate of drug-likeness (QED) is 0.300. The van der Waals surface area contributed by atoms with Gasteiger partial charge in [-0.3, -0.25) is 10.6 Å². The molecule has 0 spiro atoms. The van der Waals surface area contributed by atoms with Crippen LogP contribution in [0.3, 0.4) is 0 Å². The predicted octanol–water partition coefficient (Wildman–Crippen LogP) is 2.05. The Hall–Kier alpha value is -2.41. The highest BCUT2D eigenvalue weighted by molar-refractivity contribution is 5.91. The van der Waals surface area contributed by atoms with Crippen LogP contribution < -0.4 is 5.73 Å². The van der Waals surface area contributed by atoms with Crippen molar-refractivity contribution in [2.45, 2.75) is 26.4 Å². The van der Waals surface area contributed by atoms with Crippen LogP contribution in [0.2, 0.25) is 0 Å². The molecule has 7 nitrogen and oxygen atoms in total. The fourth-order valence-corrected chi connectivity index (χ4v) is 1.27. The zero-order valence-electron chi connectivity index (χ0n) is 12.2. The van der Waals surface area contributed by atoms with E-state index in [4.69, 9.17) is 10.5 Å². The summed E-state index contributed by atoms with van der Waals surface area (Å²) in [7, 11) is 0. The van der Waals surface area contributed by atoms with Gasteiger partial charge < -0.3 is 9.47 Å². The predicted molar refractivity (Wildman–Crippen MR) is 75.8 cm³/mol. The van der Waals surface area contributed by atoms with Crippen molar-refractivity contribution < 1.29 is 23.9 Å². The molecule has 0 heterocycles. The lowest BCUT2D eigenvalue weighted by Crippen LogP contribution is -2.23. The van der Waals surface area contributed by atoms with Gasteiger partial charge in [-0.2, -0.15) is 0 Å². The zero-order valence-corrected chi connectivity index (χ0v) is 12.2. The van der Waals surface area contributed by atoms with Crippen LogP contribution in [0.5, 0.6) is 0 Å². The van der Waals surface area contributed by atoms with Gasteiger partial charge in [-0.05, 0) is 38.5 Å². The second kappa shape index (κ2) is 7.39. The highest BCUT2D eigenvalue weighted by Crippen LogP contribution is 2.12. The van der Waals surface area contributed by atoms with Crippen LogP contribution in [0.1, 0.15) is 36.7 Å². The average Bonchev–Trinajstić information content (AvgIpc) is 2.38. The van der Waals surface area contributed by atoms with E-state index in [1.807, 2.05) is 0 Å². The number of rotatable bonds is 4. The van der Waals surface area contributed by atoms with Gasteiger partial charge in [-0.25, -0.2) is 9.59 Å². The lowest BCUT2D eigenvalue weighted by atomic mass is 10.1. The molecule has 1 aromatic carbocycles. The van der Waals surface area contributed by atoms with Crippen molar-refractivity contribution in [3.8, 4) is 0 Å². The Balaban J connectivity index is 2.60. The molecule has 2 N–H and O–H groups in total. The molecule has 21 heavy (non-hydrogen) atoms. The topological polar surface area (TPSA) is 100 Å². The van der Waals surface area contributed by atoms with Crippen molar-refractivity contribution in [3.63, 3.8) is 0 Å². The first-order chi connectivity index (χ1) is 9.81. The summed E-state index contributed by atoms with van der Waals surface area (Å²) in [5.74, 6) is -0.409. The van der Waals surface area contributed by atoms with Crippen molar-refractivity contribution in [1.82, 2.24) is 0 Å². The van der Waals surface area contributed by atoms with Gasteiger partial charge in [0.25, 0.3) is 0 Å². The number of carbonyl (C=O) groups is 2. The molecule has 1 rings (SSSR count). The summed E-state index contributed by atoms with van der Waals surface area (Å²) in [6.45, 7) is 5.11. The number of nitrogens with two attached hydrogens (primary N) is 1. The minimum Gasteiger partial charge on any atom is -0.456 e. The van der Waals surface area contributed by atoms with Gasteiger partial charge in [0, 0.05) is 0 Å². The summed E-state index contributed by atoms with van der Waals surface area (Å²) in [5.41, 5.74) is 5.50. The molecule has 0 radical (unpaired) electrons. The first-order valence-corrected chi connectivity index (χ1v) is 6.22. The number of carbonyl (C=O) groups excluding carboxylic acids is 2. The molecular weight excluding hydrogens is 276 g/mol. The molecule has 0 atom stereocenters. The van der Waals surface area contributed by atoms with E-state index in [0.29, 0.717) is 11.1 Å². The molecule has 0 bridgehead atoms. The van der Waals surface area contributed by atoms with Crippen LogP contribution >= 0.6 is 0 Å². The van der Waals surface area contributed by atoms with E-state index in [1.165, 1.54) is 6.21 Å². The Morgan fingerprint density at radius 1 is 1.24 bits per heavy atom. The van der Waals surface area contributed by atoms with Gasteiger partial charge in [0.05, 0.1) is 11.8 Å².